The summed E-state index contributed by atoms with van der Waals surface area (Å²) in [7, 11) is -2.32. The van der Waals surface area contributed by atoms with E-state index in [0.29, 0.717) is 15.6 Å². The lowest BCUT2D eigenvalue weighted by Gasteiger charge is -2.18. The molecule has 0 radical (unpaired) electrons. The number of aromatic nitrogens is 1. The molecule has 0 amide bonds. The summed E-state index contributed by atoms with van der Waals surface area (Å²) < 4.78 is 26.1. The maximum Gasteiger partial charge on any atom is 0.246 e. The summed E-state index contributed by atoms with van der Waals surface area (Å²) in [6.07, 6.45) is 1.43. The second-order valence-corrected chi connectivity index (χ2v) is 7.42. The second kappa shape index (κ2) is 6.50. The van der Waals surface area contributed by atoms with Crippen molar-refractivity contribution in [3.8, 4) is 0 Å². The van der Waals surface area contributed by atoms with Crippen molar-refractivity contribution in [1.29, 1.82) is 0 Å². The molecule has 1 heterocycles. The van der Waals surface area contributed by atoms with Gasteiger partial charge in [-0.15, -0.1) is 0 Å². The smallest absolute Gasteiger partial charge is 0.243 e. The van der Waals surface area contributed by atoms with E-state index in [1.54, 1.807) is 18.2 Å². The van der Waals surface area contributed by atoms with Gasteiger partial charge in [0.05, 0.1) is 10.0 Å². The van der Waals surface area contributed by atoms with Crippen LogP contribution in [0.15, 0.2) is 41.4 Å². The molecule has 0 saturated heterocycles. The Morgan fingerprint density at radius 2 is 1.86 bits per heavy atom. The Morgan fingerprint density at radius 3 is 2.52 bits per heavy atom. The highest BCUT2D eigenvalue weighted by Crippen LogP contribution is 2.28. The van der Waals surface area contributed by atoms with Crippen LogP contribution in [0.25, 0.3) is 0 Å². The molecule has 0 aliphatic carbocycles. The van der Waals surface area contributed by atoms with Crippen LogP contribution in [0.4, 0.5) is 0 Å². The molecule has 0 spiro atoms. The third-order valence-corrected chi connectivity index (χ3v) is 5.94. The lowest BCUT2D eigenvalue weighted by molar-refractivity contribution is 0.466. The number of hydrogen-bond donors (Lipinski definition) is 0. The maximum atomic E-state index is 12.5. The first-order chi connectivity index (χ1) is 9.84. The van der Waals surface area contributed by atoms with Gasteiger partial charge in [-0.25, -0.2) is 13.4 Å². The predicted molar refractivity (Wildman–Crippen MR) is 84.4 cm³/mol. The van der Waals surface area contributed by atoms with Crippen molar-refractivity contribution < 1.29 is 8.42 Å². The third-order valence-electron chi connectivity index (χ3n) is 2.84. The second-order valence-electron chi connectivity index (χ2n) is 4.27. The lowest BCUT2D eigenvalue weighted by atomic mass is 10.2. The van der Waals surface area contributed by atoms with Gasteiger partial charge in [-0.2, -0.15) is 4.31 Å². The van der Waals surface area contributed by atoms with Gasteiger partial charge in [0, 0.05) is 19.8 Å². The van der Waals surface area contributed by atoms with Gasteiger partial charge in [-0.05, 0) is 23.8 Å². The summed E-state index contributed by atoms with van der Waals surface area (Å²) >= 11 is 17.8. The van der Waals surface area contributed by atoms with Crippen LogP contribution in [-0.2, 0) is 16.6 Å². The van der Waals surface area contributed by atoms with Crippen LogP contribution in [0, 0.1) is 0 Å². The van der Waals surface area contributed by atoms with Gasteiger partial charge >= 0.3 is 0 Å². The van der Waals surface area contributed by atoms with Crippen LogP contribution in [0.3, 0.4) is 0 Å². The number of pyridine rings is 1. The summed E-state index contributed by atoms with van der Waals surface area (Å²) in [5.74, 6) is 0. The highest BCUT2D eigenvalue weighted by Gasteiger charge is 2.24. The topological polar surface area (TPSA) is 50.3 Å². The molecule has 0 N–H and O–H groups in total. The molecule has 0 aliphatic rings. The minimum atomic E-state index is -3.76. The van der Waals surface area contributed by atoms with Crippen LogP contribution < -0.4 is 0 Å². The fourth-order valence-corrected chi connectivity index (χ4v) is 3.68. The molecular formula is C13H11Cl3N2O2S. The van der Waals surface area contributed by atoms with E-state index in [1.807, 2.05) is 0 Å². The Morgan fingerprint density at radius 1 is 1.14 bits per heavy atom. The van der Waals surface area contributed by atoms with Crippen molar-refractivity contribution in [1.82, 2.24) is 9.29 Å². The first kappa shape index (κ1) is 16.5. The molecule has 1 aromatic carbocycles. The van der Waals surface area contributed by atoms with E-state index in [2.05, 4.69) is 4.98 Å². The summed E-state index contributed by atoms with van der Waals surface area (Å²) in [5, 5.41) is 0.638. The Hall–Kier alpha value is -0.850. The molecular weight excluding hydrogens is 355 g/mol. The Balaban J connectivity index is 2.34. The number of benzene rings is 1. The first-order valence-electron chi connectivity index (χ1n) is 5.84. The molecule has 2 aromatic rings. The van der Waals surface area contributed by atoms with Crippen molar-refractivity contribution >= 4 is 44.8 Å². The molecule has 0 aliphatic heterocycles. The lowest BCUT2D eigenvalue weighted by Crippen LogP contribution is -2.27. The quantitative estimate of drug-likeness (QED) is 0.773. The van der Waals surface area contributed by atoms with Gasteiger partial charge in [-0.1, -0.05) is 46.9 Å². The Bertz CT molecular complexity index is 766. The van der Waals surface area contributed by atoms with Crippen LogP contribution in [-0.4, -0.2) is 24.8 Å². The zero-order valence-corrected chi connectivity index (χ0v) is 14.0. The van der Waals surface area contributed by atoms with E-state index in [0.717, 1.165) is 4.31 Å². The SMILES string of the molecule is CN(Cc1cccc(Cl)c1Cl)S(=O)(=O)c1cccnc1Cl. The number of halogens is 3. The standard InChI is InChI=1S/C13H11Cl3N2O2S/c1-18(8-9-4-2-5-10(14)12(9)15)21(19,20)11-6-3-7-17-13(11)16/h2-7H,8H2,1H3. The Kier molecular flexibility index (Phi) is 5.11. The average Bonchev–Trinajstić information content (AvgIpc) is 2.44. The molecule has 0 unspecified atom stereocenters. The van der Waals surface area contributed by atoms with Gasteiger partial charge in [0.1, 0.15) is 10.0 Å². The van der Waals surface area contributed by atoms with Gasteiger partial charge < -0.3 is 0 Å². The zero-order valence-electron chi connectivity index (χ0n) is 10.9. The minimum absolute atomic E-state index is 0.0488. The largest absolute Gasteiger partial charge is 0.246 e. The molecule has 8 heteroatoms. The fourth-order valence-electron chi connectivity index (χ4n) is 1.73. The minimum Gasteiger partial charge on any atom is -0.243 e. The molecule has 2 rings (SSSR count). The van der Waals surface area contributed by atoms with E-state index in [-0.39, 0.29) is 16.6 Å². The molecule has 112 valence electrons. The van der Waals surface area contributed by atoms with Crippen molar-refractivity contribution in [2.75, 3.05) is 7.05 Å². The summed E-state index contributed by atoms with van der Waals surface area (Å²) in [5.41, 5.74) is 0.607. The normalized spacial score (nSPS) is 11.9. The van der Waals surface area contributed by atoms with E-state index in [9.17, 15) is 8.42 Å². The van der Waals surface area contributed by atoms with Gasteiger partial charge in [0.15, 0.2) is 0 Å². The molecule has 0 saturated carbocycles. The van der Waals surface area contributed by atoms with Crippen molar-refractivity contribution in [2.45, 2.75) is 11.4 Å². The number of hydrogen-bond acceptors (Lipinski definition) is 3. The zero-order chi connectivity index (χ0) is 15.6. The van der Waals surface area contributed by atoms with E-state index >= 15 is 0 Å². The van der Waals surface area contributed by atoms with Crippen LogP contribution in [0.2, 0.25) is 15.2 Å². The molecule has 21 heavy (non-hydrogen) atoms. The fraction of sp³-hybridized carbons (Fsp3) is 0.154. The van der Waals surface area contributed by atoms with E-state index < -0.39 is 10.0 Å². The number of nitrogens with zero attached hydrogens (tertiary/aromatic N) is 2. The van der Waals surface area contributed by atoms with Crippen molar-refractivity contribution in [3.63, 3.8) is 0 Å². The molecule has 1 aromatic heterocycles. The monoisotopic (exact) mass is 364 g/mol. The average molecular weight is 366 g/mol. The Labute approximate surface area is 138 Å². The molecule has 0 atom stereocenters. The van der Waals surface area contributed by atoms with Crippen LogP contribution in [0.5, 0.6) is 0 Å². The highest BCUT2D eigenvalue weighted by molar-refractivity contribution is 7.89. The number of sulfonamides is 1. The number of rotatable bonds is 4. The molecule has 0 fully saturated rings. The van der Waals surface area contributed by atoms with Crippen LogP contribution in [0.1, 0.15) is 5.56 Å². The molecule has 4 nitrogen and oxygen atoms in total. The van der Waals surface area contributed by atoms with E-state index in [4.69, 9.17) is 34.8 Å². The molecule has 0 bridgehead atoms. The van der Waals surface area contributed by atoms with Gasteiger partial charge in [0.25, 0.3) is 0 Å². The van der Waals surface area contributed by atoms with Crippen molar-refractivity contribution in [3.05, 3.63) is 57.3 Å². The predicted octanol–water partition coefficient (Wildman–Crippen LogP) is 3.86. The summed E-state index contributed by atoms with van der Waals surface area (Å²) in [6, 6.07) is 7.98. The third kappa shape index (κ3) is 3.49. The summed E-state index contributed by atoms with van der Waals surface area (Å²) in [4.78, 5) is 3.73. The van der Waals surface area contributed by atoms with Gasteiger partial charge in [-0.3, -0.25) is 0 Å². The van der Waals surface area contributed by atoms with Gasteiger partial charge in [0.2, 0.25) is 10.0 Å². The summed E-state index contributed by atoms with van der Waals surface area (Å²) in [6.45, 7) is 0.0763. The maximum absolute atomic E-state index is 12.5. The highest BCUT2D eigenvalue weighted by atomic mass is 35.5. The van der Waals surface area contributed by atoms with E-state index in [1.165, 1.54) is 25.4 Å². The first-order valence-corrected chi connectivity index (χ1v) is 8.41. The van der Waals surface area contributed by atoms with Crippen molar-refractivity contribution in [2.24, 2.45) is 0 Å². The van der Waals surface area contributed by atoms with Crippen LogP contribution >= 0.6 is 34.8 Å².